The predicted molar refractivity (Wildman–Crippen MR) is 301 cm³/mol. The molecule has 77 heavy (non-hydrogen) atoms. The summed E-state index contributed by atoms with van der Waals surface area (Å²) in [5, 5.41) is 30.2. The average molecular weight is 1160 g/mol. The van der Waals surface area contributed by atoms with Gasteiger partial charge >= 0.3 is 61.5 Å². The number of aromatic nitrogens is 8. The molecule has 0 saturated heterocycles. The Morgan fingerprint density at radius 1 is 0.494 bits per heavy atom. The van der Waals surface area contributed by atoms with Crippen molar-refractivity contribution in [2.24, 2.45) is 31.9 Å². The van der Waals surface area contributed by atoms with E-state index in [0.717, 1.165) is 79.9 Å². The van der Waals surface area contributed by atoms with Gasteiger partial charge in [0.2, 0.25) is 24.5 Å². The Labute approximate surface area is 464 Å². The SMILES string of the molecule is CCn1c(-c2ccccc2)c(N=Nc2n(Cc3ccccc3)nc[n+]2CCC(N)=O)c2ccccc21.CCn1c(-c2ccccc2)c(N=Nc2n(Cc3ccccc3)nc[n+]2CCC(N)=O)c2ccccc21.[Cl][Zn-2]([Cl])([Cl])[Cl]. The zero-order valence-electron chi connectivity index (χ0n) is 42.5. The van der Waals surface area contributed by atoms with Gasteiger partial charge in [0.25, 0.3) is 0 Å². The van der Waals surface area contributed by atoms with Gasteiger partial charge in [-0.2, -0.15) is 0 Å². The second kappa shape index (κ2) is 26.6. The molecule has 0 aliphatic heterocycles. The Morgan fingerprint density at radius 3 is 1.16 bits per heavy atom. The maximum atomic E-state index is 11.5. The minimum atomic E-state index is -3.36. The van der Waals surface area contributed by atoms with Crippen LogP contribution in [0.3, 0.4) is 0 Å². The quantitative estimate of drug-likeness (QED) is 0.0491. The Hall–Kier alpha value is -7.40. The monoisotopic (exact) mass is 1160 g/mol. The molecule has 4 N–H and O–H groups in total. The zero-order chi connectivity index (χ0) is 54.3. The first-order valence-electron chi connectivity index (χ1n) is 25.1. The number of aryl methyl sites for hydroxylation is 4. The third-order valence-corrected chi connectivity index (χ3v) is 12.3. The van der Waals surface area contributed by atoms with E-state index in [-0.39, 0.29) is 24.7 Å². The second-order valence-electron chi connectivity index (χ2n) is 17.6. The van der Waals surface area contributed by atoms with Gasteiger partial charge in [-0.3, -0.25) is 9.59 Å². The van der Waals surface area contributed by atoms with Gasteiger partial charge in [0, 0.05) is 45.2 Å². The molecule has 0 fully saturated rings. The molecule has 0 aliphatic carbocycles. The molecule has 10 aromatic rings. The van der Waals surface area contributed by atoms with Crippen LogP contribution >= 0.6 is 38.8 Å². The number of amides is 2. The molecule has 392 valence electrons. The van der Waals surface area contributed by atoms with E-state index in [4.69, 9.17) is 70.7 Å². The van der Waals surface area contributed by atoms with E-state index in [0.29, 0.717) is 38.1 Å². The topological polar surface area (TPSA) is 189 Å². The molecule has 0 unspecified atom stereocenters. The van der Waals surface area contributed by atoms with Gasteiger partial charge in [-0.25, -0.2) is 9.13 Å². The Bertz CT molecular complexity index is 3400. The number of halogens is 4. The molecule has 0 atom stereocenters. The van der Waals surface area contributed by atoms with Crippen molar-refractivity contribution in [3.05, 3.63) is 194 Å². The Morgan fingerprint density at radius 2 is 0.818 bits per heavy atom. The third kappa shape index (κ3) is 14.6. The summed E-state index contributed by atoms with van der Waals surface area (Å²) in [5.74, 6) is 0.344. The van der Waals surface area contributed by atoms with Crippen LogP contribution in [-0.2, 0) is 59.7 Å². The number of rotatable bonds is 18. The van der Waals surface area contributed by atoms with Gasteiger partial charge in [-0.05, 0) is 47.3 Å². The molecule has 0 aliphatic rings. The van der Waals surface area contributed by atoms with Gasteiger partial charge in [0.15, 0.2) is 0 Å². The molecule has 0 spiro atoms. The van der Waals surface area contributed by atoms with Gasteiger partial charge in [-0.1, -0.05) is 168 Å². The molecule has 0 saturated carbocycles. The van der Waals surface area contributed by atoms with Crippen LogP contribution in [0.25, 0.3) is 44.3 Å². The molecule has 0 radical (unpaired) electrons. The number of para-hydroxylation sites is 2. The van der Waals surface area contributed by atoms with Gasteiger partial charge in [-0.15, -0.1) is 9.36 Å². The number of benzene rings is 6. The van der Waals surface area contributed by atoms with Crippen LogP contribution in [0.4, 0.5) is 23.3 Å². The summed E-state index contributed by atoms with van der Waals surface area (Å²) in [7, 11) is 16.8. The van der Waals surface area contributed by atoms with E-state index in [9.17, 15) is 9.59 Å². The van der Waals surface area contributed by atoms with Gasteiger partial charge < -0.3 is 20.6 Å². The number of nitrogens with two attached hydrogens (primary N) is 2. The van der Waals surface area contributed by atoms with Gasteiger partial charge in [0.05, 0.1) is 48.4 Å². The molecule has 0 bridgehead atoms. The number of azo groups is 2. The van der Waals surface area contributed by atoms with Crippen molar-refractivity contribution in [1.29, 1.82) is 0 Å². The predicted octanol–water partition coefficient (Wildman–Crippen LogP) is 13.1. The molecule has 16 nitrogen and oxygen atoms in total. The van der Waals surface area contributed by atoms with Crippen molar-refractivity contribution in [2.45, 2.75) is 66.0 Å². The van der Waals surface area contributed by atoms with Crippen molar-refractivity contribution in [3.63, 3.8) is 0 Å². The van der Waals surface area contributed by atoms with Crippen LogP contribution in [0.1, 0.15) is 37.8 Å². The van der Waals surface area contributed by atoms with Gasteiger partial charge in [0.1, 0.15) is 24.5 Å². The second-order valence-corrected chi connectivity index (χ2v) is 45.4. The molecule has 21 heteroatoms. The van der Waals surface area contributed by atoms with Crippen molar-refractivity contribution in [2.75, 3.05) is 0 Å². The summed E-state index contributed by atoms with van der Waals surface area (Å²) in [5.41, 5.74) is 21.0. The summed E-state index contributed by atoms with van der Waals surface area (Å²) in [4.78, 5) is 22.9. The fourth-order valence-electron chi connectivity index (χ4n) is 8.88. The Kier molecular flexibility index (Phi) is 19.3. The number of carbonyl (C=O) groups is 2. The molecular formula is C56H56Cl4N14O2Zn. The molecule has 6 aromatic carbocycles. The molecule has 4 aromatic heterocycles. The summed E-state index contributed by atoms with van der Waals surface area (Å²) < 4.78 is 11.8. The van der Waals surface area contributed by atoms with Crippen molar-refractivity contribution < 1.29 is 29.5 Å². The van der Waals surface area contributed by atoms with Crippen LogP contribution in [0, 0.1) is 0 Å². The molecular weight excluding hydrogens is 1110 g/mol. The fraction of sp³-hybridized carbons (Fsp3) is 0.179. The number of primary amides is 2. The average Bonchev–Trinajstić information content (AvgIpc) is 4.22. The summed E-state index contributed by atoms with van der Waals surface area (Å²) in [6, 6.07) is 57.1. The first-order chi connectivity index (χ1) is 37.3. The van der Waals surface area contributed by atoms with E-state index in [1.54, 1.807) is 22.0 Å². The molecule has 2 amide bonds. The molecule has 4 heterocycles. The summed E-state index contributed by atoms with van der Waals surface area (Å²) >= 11 is 0. The van der Waals surface area contributed by atoms with Crippen LogP contribution in [0.15, 0.2) is 203 Å². The minimum absolute atomic E-state index is 0.189. The van der Waals surface area contributed by atoms with Crippen LogP contribution < -0.4 is 20.6 Å². The standard InChI is InChI=1S/2C28H27N7O.4ClH.Zn/c2*1-2-34-24-16-10-9-15-23(24)26(27(34)22-13-7-4-8-14-22)31-32-28-33(18-17-25(29)36)20-30-35(28)19-21-11-5-3-6-12-21;;;;;/h2*3-16,20H,2,17-19H2,1H3,(H-,29,36);4*1H;/q;;;;;;+2/p-2. The van der Waals surface area contributed by atoms with E-state index >= 15 is 0 Å². The molecule has 10 rings (SSSR count). The normalized spacial score (nSPS) is 11.5. The van der Waals surface area contributed by atoms with Crippen LogP contribution in [-0.4, -0.2) is 40.5 Å². The Balaban J connectivity index is 0.000000187. The van der Waals surface area contributed by atoms with E-state index in [2.05, 4.69) is 81.7 Å². The fourth-order valence-corrected chi connectivity index (χ4v) is 8.88. The summed E-state index contributed by atoms with van der Waals surface area (Å²) in [6.45, 7) is 7.66. The van der Waals surface area contributed by atoms with Crippen LogP contribution in [0.5, 0.6) is 0 Å². The van der Waals surface area contributed by atoms with Crippen molar-refractivity contribution >= 4 is 95.7 Å². The number of nitrogens with zero attached hydrogens (tertiary/aromatic N) is 12. The number of hydrogen-bond acceptors (Lipinski definition) is 8. The number of carbonyl (C=O) groups excluding carboxylic acids is 2. The zero-order valence-corrected chi connectivity index (χ0v) is 48.5. The first-order valence-corrected chi connectivity index (χ1v) is 40.7. The van der Waals surface area contributed by atoms with E-state index in [1.807, 2.05) is 130 Å². The first kappa shape index (κ1) is 55.8. The number of fused-ring (bicyclic) bond motifs is 2. The number of hydrogen-bond donors (Lipinski definition) is 2. The summed E-state index contributed by atoms with van der Waals surface area (Å²) in [6.07, 6.45) is 3.73. The van der Waals surface area contributed by atoms with Crippen molar-refractivity contribution in [3.8, 4) is 22.5 Å². The van der Waals surface area contributed by atoms with E-state index in [1.165, 1.54) is 0 Å². The van der Waals surface area contributed by atoms with Crippen LogP contribution in [0.2, 0.25) is 0 Å². The van der Waals surface area contributed by atoms with Crippen molar-refractivity contribution in [1.82, 2.24) is 28.7 Å². The maximum absolute atomic E-state index is 11.5. The third-order valence-electron chi connectivity index (χ3n) is 12.3. The van der Waals surface area contributed by atoms with E-state index < -0.39 is 10.8 Å².